The maximum Gasteiger partial charge on any atom is 0.264 e. The molecule has 3 rings (SSSR count). The number of carbonyl (C=O) groups is 1. The molecular formula is C18H15N5O4S. The first kappa shape index (κ1) is 19.2. The average Bonchev–Trinajstić information content (AvgIpc) is 2.67. The molecule has 0 spiro atoms. The summed E-state index contributed by atoms with van der Waals surface area (Å²) in [5.74, 6) is -0.868. The summed E-state index contributed by atoms with van der Waals surface area (Å²) in [7, 11) is -2.59. The Balaban J connectivity index is 2.06. The number of aromatic nitrogens is 1. The van der Waals surface area contributed by atoms with Gasteiger partial charge in [0.2, 0.25) is 11.5 Å². The van der Waals surface area contributed by atoms with E-state index in [1.165, 1.54) is 31.3 Å². The number of amides is 1. The number of nitrogens with one attached hydrogen (secondary N) is 1. The minimum absolute atomic E-state index is 0.0285. The molecule has 0 saturated heterocycles. The maximum absolute atomic E-state index is 13.0. The van der Waals surface area contributed by atoms with Crippen molar-refractivity contribution in [3.05, 3.63) is 80.5 Å². The molecule has 10 heteroatoms. The van der Waals surface area contributed by atoms with Crippen LogP contribution in [0.3, 0.4) is 0 Å². The van der Waals surface area contributed by atoms with E-state index in [9.17, 15) is 18.0 Å². The molecule has 0 aliphatic carbocycles. The van der Waals surface area contributed by atoms with Crippen LogP contribution in [0, 0.1) is 6.92 Å². The molecule has 0 aliphatic rings. The monoisotopic (exact) mass is 397 g/mol. The maximum atomic E-state index is 13.0. The molecule has 9 nitrogen and oxygen atoms in total. The van der Waals surface area contributed by atoms with Crippen molar-refractivity contribution < 1.29 is 13.2 Å². The van der Waals surface area contributed by atoms with Crippen molar-refractivity contribution in [2.45, 2.75) is 11.8 Å². The molecule has 0 fully saturated rings. The summed E-state index contributed by atoms with van der Waals surface area (Å²) in [6.45, 7) is 1.76. The number of rotatable bonds is 4. The van der Waals surface area contributed by atoms with Gasteiger partial charge in [0.05, 0.1) is 10.6 Å². The zero-order valence-corrected chi connectivity index (χ0v) is 15.8. The zero-order chi connectivity index (χ0) is 20.5. The Kier molecular flexibility index (Phi) is 4.91. The minimum Gasteiger partial charge on any atom is -0.322 e. The molecule has 28 heavy (non-hydrogen) atoms. The molecule has 0 aliphatic heterocycles. The molecule has 1 aromatic heterocycles. The molecule has 0 radical (unpaired) electrons. The second-order valence-corrected chi connectivity index (χ2v) is 8.01. The Labute approximate surface area is 159 Å². The molecule has 3 aromatic rings. The summed E-state index contributed by atoms with van der Waals surface area (Å²) >= 11 is 0. The van der Waals surface area contributed by atoms with Crippen molar-refractivity contribution in [1.29, 1.82) is 0 Å². The van der Waals surface area contributed by atoms with Crippen molar-refractivity contribution in [2.24, 2.45) is 5.11 Å². The summed E-state index contributed by atoms with van der Waals surface area (Å²) in [4.78, 5) is 28.3. The van der Waals surface area contributed by atoms with Crippen LogP contribution in [0.5, 0.6) is 0 Å². The number of hydrogen-bond acceptors (Lipinski definition) is 4. The first-order valence-electron chi connectivity index (χ1n) is 8.06. The van der Waals surface area contributed by atoms with E-state index >= 15 is 0 Å². The van der Waals surface area contributed by atoms with E-state index in [2.05, 4.69) is 15.0 Å². The topological polar surface area (TPSA) is 136 Å². The van der Waals surface area contributed by atoms with Gasteiger partial charge < -0.3 is 4.98 Å². The van der Waals surface area contributed by atoms with Gasteiger partial charge in [-0.1, -0.05) is 12.1 Å². The van der Waals surface area contributed by atoms with Gasteiger partial charge in [-0.05, 0) is 53.5 Å². The number of anilines is 1. The molecule has 1 heterocycles. The highest BCUT2D eigenvalue weighted by Crippen LogP contribution is 2.26. The Morgan fingerprint density at radius 1 is 1.18 bits per heavy atom. The fourth-order valence-corrected chi connectivity index (χ4v) is 4.03. The predicted octanol–water partition coefficient (Wildman–Crippen LogP) is 3.11. The van der Waals surface area contributed by atoms with Crippen LogP contribution < -0.4 is 9.86 Å². The number of fused-ring (bicyclic) bond motifs is 1. The van der Waals surface area contributed by atoms with Crippen molar-refractivity contribution in [3.8, 4) is 0 Å². The molecule has 1 amide bonds. The number of benzene rings is 2. The van der Waals surface area contributed by atoms with E-state index in [-0.39, 0.29) is 16.0 Å². The van der Waals surface area contributed by atoms with Crippen molar-refractivity contribution >= 4 is 32.5 Å². The van der Waals surface area contributed by atoms with Gasteiger partial charge in [-0.2, -0.15) is 0 Å². The Bertz CT molecular complexity index is 1310. The molecule has 142 valence electrons. The summed E-state index contributed by atoms with van der Waals surface area (Å²) in [6.07, 6.45) is 0. The molecule has 0 saturated carbocycles. The fourth-order valence-electron chi connectivity index (χ4n) is 2.79. The number of aryl methyl sites for hydroxylation is 1. The van der Waals surface area contributed by atoms with Crippen LogP contribution in [0.25, 0.3) is 21.3 Å². The Hall–Kier alpha value is -3.62. The van der Waals surface area contributed by atoms with E-state index in [0.29, 0.717) is 22.2 Å². The zero-order valence-electron chi connectivity index (χ0n) is 14.9. The highest BCUT2D eigenvalue weighted by Gasteiger charge is 2.22. The summed E-state index contributed by atoms with van der Waals surface area (Å²) in [6, 6.07) is 11.6. The minimum atomic E-state index is -3.98. The normalized spacial score (nSPS) is 11.1. The largest absolute Gasteiger partial charge is 0.322 e. The number of carbonyl (C=O) groups excluding carboxylic acids is 1. The molecule has 0 unspecified atom stereocenters. The second-order valence-electron chi connectivity index (χ2n) is 6.04. The summed E-state index contributed by atoms with van der Waals surface area (Å²) in [5.41, 5.74) is 9.81. The number of hydrogen-bond donors (Lipinski definition) is 1. The van der Waals surface area contributed by atoms with Gasteiger partial charge in [0.15, 0.2) is 0 Å². The van der Waals surface area contributed by atoms with E-state index in [1.807, 2.05) is 0 Å². The summed E-state index contributed by atoms with van der Waals surface area (Å²) < 4.78 is 27.1. The highest BCUT2D eigenvalue weighted by molar-refractivity contribution is 7.92. The van der Waals surface area contributed by atoms with E-state index < -0.39 is 15.9 Å². The van der Waals surface area contributed by atoms with Crippen molar-refractivity contribution in [1.82, 2.24) is 4.98 Å². The molecule has 2 aromatic carbocycles. The van der Waals surface area contributed by atoms with Crippen molar-refractivity contribution in [2.75, 3.05) is 11.4 Å². The van der Waals surface area contributed by atoms with E-state index in [0.717, 1.165) is 10.4 Å². The third kappa shape index (κ3) is 3.46. The smallest absolute Gasteiger partial charge is 0.264 e. The third-order valence-electron chi connectivity index (χ3n) is 4.27. The number of pyridine rings is 1. The first-order valence-corrected chi connectivity index (χ1v) is 9.50. The van der Waals surface area contributed by atoms with Crippen LogP contribution >= 0.6 is 0 Å². The van der Waals surface area contributed by atoms with Crippen LogP contribution in [0.1, 0.15) is 15.9 Å². The highest BCUT2D eigenvalue weighted by atomic mass is 32.2. The molecular weight excluding hydrogens is 382 g/mol. The lowest BCUT2D eigenvalue weighted by molar-refractivity contribution is 0.1000. The van der Waals surface area contributed by atoms with Crippen LogP contribution in [0.2, 0.25) is 0 Å². The number of sulfonamides is 1. The lowest BCUT2D eigenvalue weighted by Gasteiger charge is -2.20. The van der Waals surface area contributed by atoms with Gasteiger partial charge in [0, 0.05) is 34.5 Å². The van der Waals surface area contributed by atoms with Gasteiger partial charge in [-0.15, -0.1) is 0 Å². The number of aromatic amines is 1. The second kappa shape index (κ2) is 7.18. The van der Waals surface area contributed by atoms with Crippen LogP contribution in [0.4, 0.5) is 5.69 Å². The lowest BCUT2D eigenvalue weighted by Crippen LogP contribution is -2.26. The van der Waals surface area contributed by atoms with Gasteiger partial charge >= 0.3 is 0 Å². The Morgan fingerprint density at radius 2 is 1.93 bits per heavy atom. The fraction of sp³-hybridized carbons (Fsp3) is 0.111. The number of H-pyrrole nitrogens is 1. The SMILES string of the molecule is Cc1cc(=O)[nH]c2ccc(N(C)S(=O)(=O)c3cccc(C(=O)N=[N+]=[N-])c3)cc12. The molecule has 0 bridgehead atoms. The van der Waals surface area contributed by atoms with Gasteiger partial charge in [0.1, 0.15) is 0 Å². The van der Waals surface area contributed by atoms with Crippen LogP contribution in [-0.2, 0) is 10.0 Å². The van der Waals surface area contributed by atoms with Gasteiger partial charge in [-0.25, -0.2) is 8.42 Å². The Morgan fingerprint density at radius 3 is 2.64 bits per heavy atom. The molecule has 0 atom stereocenters. The lowest BCUT2D eigenvalue weighted by atomic mass is 10.1. The first-order chi connectivity index (χ1) is 13.2. The quantitative estimate of drug-likeness (QED) is 0.411. The van der Waals surface area contributed by atoms with E-state index in [1.54, 1.807) is 25.1 Å². The van der Waals surface area contributed by atoms with Crippen molar-refractivity contribution in [3.63, 3.8) is 0 Å². The average molecular weight is 397 g/mol. The number of azide groups is 1. The van der Waals surface area contributed by atoms with Gasteiger partial charge in [-0.3, -0.25) is 13.9 Å². The third-order valence-corrected chi connectivity index (χ3v) is 6.05. The number of nitrogens with zero attached hydrogens (tertiary/aromatic N) is 4. The van der Waals surface area contributed by atoms with Gasteiger partial charge in [0.25, 0.3) is 10.0 Å². The van der Waals surface area contributed by atoms with Crippen LogP contribution in [0.15, 0.2) is 63.3 Å². The summed E-state index contributed by atoms with van der Waals surface area (Å²) in [5, 5.41) is 3.69. The predicted molar refractivity (Wildman–Crippen MR) is 105 cm³/mol. The van der Waals surface area contributed by atoms with E-state index in [4.69, 9.17) is 5.53 Å². The molecule has 1 N–H and O–H groups in total. The standard InChI is InChI=1S/C18H15N5O4S/c1-11-8-17(24)20-16-7-6-13(10-15(11)16)23(2)28(26,27)14-5-3-4-12(9-14)18(25)21-22-19/h3-10H,1-2H3,(H,20,24). The van der Waals surface area contributed by atoms with Crippen LogP contribution in [-0.4, -0.2) is 26.4 Å².